The van der Waals surface area contributed by atoms with Gasteiger partial charge in [-0.15, -0.1) is 0 Å². The molecule has 100 valence electrons. The van der Waals surface area contributed by atoms with Gasteiger partial charge in [-0.25, -0.2) is 0 Å². The number of benzene rings is 2. The van der Waals surface area contributed by atoms with E-state index >= 15 is 0 Å². The zero-order valence-electron chi connectivity index (χ0n) is 10.7. The minimum absolute atomic E-state index is 0.187. The van der Waals surface area contributed by atoms with Crippen molar-refractivity contribution in [1.82, 2.24) is 0 Å². The van der Waals surface area contributed by atoms with Crippen LogP contribution in [0.4, 0.5) is 0 Å². The highest BCUT2D eigenvalue weighted by molar-refractivity contribution is 6.31. The number of aryl methyl sites for hydroxylation is 1. The second-order valence-corrected chi connectivity index (χ2v) is 5.06. The van der Waals surface area contributed by atoms with Crippen molar-refractivity contribution >= 4 is 23.5 Å². The van der Waals surface area contributed by atoms with Gasteiger partial charge in [0.15, 0.2) is 5.76 Å². The van der Waals surface area contributed by atoms with E-state index in [1.807, 2.05) is 0 Å². The van der Waals surface area contributed by atoms with Gasteiger partial charge >= 0.3 is 0 Å². The molecule has 1 aliphatic rings. The van der Waals surface area contributed by atoms with Crippen molar-refractivity contribution in [3.05, 3.63) is 63.9 Å². The molecule has 0 radical (unpaired) electrons. The second kappa shape index (κ2) is 4.69. The molecule has 0 aromatic heterocycles. The lowest BCUT2D eigenvalue weighted by molar-refractivity contribution is 0.101. The number of Topliss-reactive ketones (excluding diaryl/α,β-unsaturated/α-hetero) is 1. The van der Waals surface area contributed by atoms with Crippen LogP contribution in [0.25, 0.3) is 6.08 Å². The van der Waals surface area contributed by atoms with Gasteiger partial charge in [-0.05, 0) is 54.5 Å². The maximum absolute atomic E-state index is 12.2. The summed E-state index contributed by atoms with van der Waals surface area (Å²) in [5.41, 5.74) is 2.01. The van der Waals surface area contributed by atoms with E-state index < -0.39 is 0 Å². The number of hydrogen-bond acceptors (Lipinski definition) is 3. The molecule has 2 aromatic carbocycles. The van der Waals surface area contributed by atoms with Gasteiger partial charge in [-0.2, -0.15) is 0 Å². The smallest absolute Gasteiger partial charge is 0.232 e. The summed E-state index contributed by atoms with van der Waals surface area (Å²) in [6.45, 7) is 1.79. The number of phenolic OH excluding ortho intramolecular Hbond substituents is 1. The van der Waals surface area contributed by atoms with Crippen LogP contribution in [0.3, 0.4) is 0 Å². The average molecular weight is 287 g/mol. The molecule has 4 heteroatoms. The fraction of sp³-hybridized carbons (Fsp3) is 0.0625. The number of aromatic hydroxyl groups is 1. The van der Waals surface area contributed by atoms with Gasteiger partial charge in [0.25, 0.3) is 0 Å². The van der Waals surface area contributed by atoms with Crippen LogP contribution in [0.1, 0.15) is 21.5 Å². The number of carbonyl (C=O) groups excluding carboxylic acids is 1. The van der Waals surface area contributed by atoms with Gasteiger partial charge in [-0.3, -0.25) is 4.79 Å². The lowest BCUT2D eigenvalue weighted by Crippen LogP contribution is -1.98. The third kappa shape index (κ3) is 2.17. The van der Waals surface area contributed by atoms with Crippen LogP contribution >= 0.6 is 11.6 Å². The Kier molecular flexibility index (Phi) is 2.99. The van der Waals surface area contributed by atoms with E-state index in [1.165, 1.54) is 0 Å². The largest absolute Gasteiger partial charge is 0.508 e. The summed E-state index contributed by atoms with van der Waals surface area (Å²) in [6.07, 6.45) is 1.66. The molecule has 0 aliphatic carbocycles. The maximum Gasteiger partial charge on any atom is 0.232 e. The van der Waals surface area contributed by atoms with E-state index in [9.17, 15) is 9.90 Å². The second-order valence-electron chi connectivity index (χ2n) is 4.63. The molecule has 0 saturated heterocycles. The molecule has 0 bridgehead atoms. The standard InChI is InChI=1S/C16H11ClO3/c1-9-6-10(2-4-13(9)18)7-15-16(19)12-8-11(17)3-5-14(12)20-15/h2-8,18H,1H3. The number of rotatable bonds is 1. The van der Waals surface area contributed by atoms with Crippen LogP contribution in [0.5, 0.6) is 11.5 Å². The van der Waals surface area contributed by atoms with Crippen LogP contribution in [-0.4, -0.2) is 10.9 Å². The number of ether oxygens (including phenoxy) is 1. The number of halogens is 1. The first-order valence-electron chi connectivity index (χ1n) is 6.08. The molecule has 0 fully saturated rings. The van der Waals surface area contributed by atoms with E-state index in [1.54, 1.807) is 49.4 Å². The predicted octanol–water partition coefficient (Wildman–Crippen LogP) is 3.97. The number of phenols is 1. The van der Waals surface area contributed by atoms with Crippen molar-refractivity contribution < 1.29 is 14.6 Å². The molecule has 0 spiro atoms. The molecule has 3 rings (SSSR count). The molecule has 0 atom stereocenters. The van der Waals surface area contributed by atoms with Gasteiger partial charge in [0.2, 0.25) is 5.78 Å². The number of ketones is 1. The highest BCUT2D eigenvalue weighted by Crippen LogP contribution is 2.33. The summed E-state index contributed by atoms with van der Waals surface area (Å²) in [4.78, 5) is 12.2. The Balaban J connectivity index is 1.99. The molecule has 0 unspecified atom stereocenters. The maximum atomic E-state index is 12.2. The van der Waals surface area contributed by atoms with Crippen molar-refractivity contribution in [3.63, 3.8) is 0 Å². The number of carbonyl (C=O) groups is 1. The topological polar surface area (TPSA) is 46.5 Å². The van der Waals surface area contributed by atoms with Crippen molar-refractivity contribution in [3.8, 4) is 11.5 Å². The van der Waals surface area contributed by atoms with Gasteiger partial charge in [0, 0.05) is 5.02 Å². The average Bonchev–Trinajstić information content (AvgIpc) is 2.71. The quantitative estimate of drug-likeness (QED) is 0.807. The van der Waals surface area contributed by atoms with Crippen molar-refractivity contribution in [1.29, 1.82) is 0 Å². The fourth-order valence-corrected chi connectivity index (χ4v) is 2.25. The van der Waals surface area contributed by atoms with Gasteiger partial charge < -0.3 is 9.84 Å². The lowest BCUT2D eigenvalue weighted by atomic mass is 10.1. The molecule has 1 N–H and O–H groups in total. The van der Waals surface area contributed by atoms with Gasteiger partial charge in [0.1, 0.15) is 11.5 Å². The first-order valence-corrected chi connectivity index (χ1v) is 6.46. The van der Waals surface area contributed by atoms with Crippen LogP contribution in [0, 0.1) is 6.92 Å². The Morgan fingerprint density at radius 3 is 2.75 bits per heavy atom. The Hall–Kier alpha value is -2.26. The highest BCUT2D eigenvalue weighted by Gasteiger charge is 2.27. The SMILES string of the molecule is Cc1cc(C=C2Oc3ccc(Cl)cc3C2=O)ccc1O. The summed E-state index contributed by atoms with van der Waals surface area (Å²) in [7, 11) is 0. The molecular formula is C16H11ClO3. The van der Waals surface area contributed by atoms with E-state index in [2.05, 4.69) is 0 Å². The van der Waals surface area contributed by atoms with E-state index in [0.29, 0.717) is 16.3 Å². The number of allylic oxidation sites excluding steroid dienone is 1. The normalized spacial score (nSPS) is 15.3. The third-order valence-electron chi connectivity index (χ3n) is 3.15. The first-order chi connectivity index (χ1) is 9.54. The molecule has 1 heterocycles. The predicted molar refractivity (Wildman–Crippen MR) is 77.2 cm³/mol. The number of fused-ring (bicyclic) bond motifs is 1. The minimum Gasteiger partial charge on any atom is -0.508 e. The third-order valence-corrected chi connectivity index (χ3v) is 3.38. The van der Waals surface area contributed by atoms with Crippen LogP contribution in [0.2, 0.25) is 5.02 Å². The summed E-state index contributed by atoms with van der Waals surface area (Å²) in [6, 6.07) is 10.1. The fourth-order valence-electron chi connectivity index (χ4n) is 2.08. The molecule has 0 amide bonds. The molecule has 3 nitrogen and oxygen atoms in total. The van der Waals surface area contributed by atoms with E-state index in [-0.39, 0.29) is 17.3 Å². The van der Waals surface area contributed by atoms with Crippen LogP contribution in [-0.2, 0) is 0 Å². The van der Waals surface area contributed by atoms with E-state index in [4.69, 9.17) is 16.3 Å². The molecule has 1 aliphatic heterocycles. The van der Waals surface area contributed by atoms with E-state index in [0.717, 1.165) is 11.1 Å². The summed E-state index contributed by atoms with van der Waals surface area (Å²) < 4.78 is 5.54. The van der Waals surface area contributed by atoms with Gasteiger partial charge in [-0.1, -0.05) is 17.7 Å². The highest BCUT2D eigenvalue weighted by atomic mass is 35.5. The van der Waals surface area contributed by atoms with Crippen LogP contribution < -0.4 is 4.74 Å². The van der Waals surface area contributed by atoms with Crippen molar-refractivity contribution in [2.75, 3.05) is 0 Å². The first kappa shape index (κ1) is 12.8. The number of hydrogen-bond donors (Lipinski definition) is 1. The molecule has 0 saturated carbocycles. The molecule has 20 heavy (non-hydrogen) atoms. The van der Waals surface area contributed by atoms with Crippen LogP contribution in [0.15, 0.2) is 42.2 Å². The molecule has 2 aromatic rings. The van der Waals surface area contributed by atoms with Crippen molar-refractivity contribution in [2.24, 2.45) is 0 Å². The summed E-state index contributed by atoms with van der Waals surface area (Å²) >= 11 is 5.88. The van der Waals surface area contributed by atoms with Gasteiger partial charge in [0.05, 0.1) is 5.56 Å². The van der Waals surface area contributed by atoms with Crippen molar-refractivity contribution in [2.45, 2.75) is 6.92 Å². The summed E-state index contributed by atoms with van der Waals surface area (Å²) in [5, 5.41) is 10.00. The zero-order valence-corrected chi connectivity index (χ0v) is 11.4. The lowest BCUT2D eigenvalue weighted by Gasteiger charge is -2.01. The monoisotopic (exact) mass is 286 g/mol. The zero-order chi connectivity index (χ0) is 14.3. The Labute approximate surface area is 121 Å². The Morgan fingerprint density at radius 1 is 1.20 bits per heavy atom. The molecular weight excluding hydrogens is 276 g/mol. The Morgan fingerprint density at radius 2 is 2.00 bits per heavy atom. The Bertz CT molecular complexity index is 747. The minimum atomic E-state index is -0.187. The summed E-state index contributed by atoms with van der Waals surface area (Å²) in [5.74, 6) is 0.808.